The normalized spacial score (nSPS) is 23.4. The van der Waals surface area contributed by atoms with Crippen molar-refractivity contribution >= 4 is 5.97 Å². The lowest BCUT2D eigenvalue weighted by Gasteiger charge is -2.05. The van der Waals surface area contributed by atoms with Gasteiger partial charge in [-0.15, -0.1) is 0 Å². The Morgan fingerprint density at radius 3 is 3.00 bits per heavy atom. The number of rotatable bonds is 4. The Morgan fingerprint density at radius 2 is 2.42 bits per heavy atom. The van der Waals surface area contributed by atoms with Gasteiger partial charge in [0.2, 0.25) is 0 Å². The van der Waals surface area contributed by atoms with Gasteiger partial charge in [-0.25, -0.2) is 0 Å². The molecule has 0 amide bonds. The van der Waals surface area contributed by atoms with Crippen LogP contribution in [0.3, 0.4) is 0 Å². The largest absolute Gasteiger partial charge is 0.462 e. The first-order valence-corrected chi connectivity index (χ1v) is 4.67. The molecule has 1 fully saturated rings. The Balaban J connectivity index is 2.08. The number of carbonyl (C=O) groups is 1. The van der Waals surface area contributed by atoms with Gasteiger partial charge in [-0.3, -0.25) is 4.79 Å². The van der Waals surface area contributed by atoms with Crippen LogP contribution in [0, 0.1) is 0 Å². The second-order valence-electron chi connectivity index (χ2n) is 3.11. The summed E-state index contributed by atoms with van der Waals surface area (Å²) in [5.74, 6) is -0.0283. The maximum Gasteiger partial charge on any atom is 0.306 e. The van der Waals surface area contributed by atoms with Crippen molar-refractivity contribution in [1.82, 2.24) is 0 Å². The van der Waals surface area contributed by atoms with E-state index in [0.29, 0.717) is 6.42 Å². The molecule has 12 heavy (non-hydrogen) atoms. The van der Waals surface area contributed by atoms with Gasteiger partial charge in [0.05, 0.1) is 0 Å². The van der Waals surface area contributed by atoms with Crippen LogP contribution < -0.4 is 0 Å². The van der Waals surface area contributed by atoms with Crippen LogP contribution in [0.5, 0.6) is 0 Å². The molecule has 68 valence electrons. The molecule has 1 atom stereocenters. The highest BCUT2D eigenvalue weighted by Gasteiger charge is 2.21. The van der Waals surface area contributed by atoms with Crippen molar-refractivity contribution in [1.29, 1.82) is 0 Å². The van der Waals surface area contributed by atoms with Gasteiger partial charge < -0.3 is 4.74 Å². The van der Waals surface area contributed by atoms with Crippen LogP contribution in [0.25, 0.3) is 0 Å². The van der Waals surface area contributed by atoms with Crippen molar-refractivity contribution in [2.75, 3.05) is 0 Å². The van der Waals surface area contributed by atoms with Gasteiger partial charge in [0, 0.05) is 6.42 Å². The molecule has 0 aromatic heterocycles. The first kappa shape index (κ1) is 9.30. The third-order valence-electron chi connectivity index (χ3n) is 2.03. The molecule has 0 bridgehead atoms. The van der Waals surface area contributed by atoms with E-state index >= 15 is 0 Å². The van der Waals surface area contributed by atoms with Crippen LogP contribution in [0.15, 0.2) is 12.2 Å². The van der Waals surface area contributed by atoms with E-state index in [9.17, 15) is 4.79 Å². The predicted octanol–water partition coefficient (Wildman–Crippen LogP) is 2.44. The number of hydrogen-bond donors (Lipinski definition) is 0. The molecule has 0 spiro atoms. The molecular formula is C10H16O2. The first-order valence-electron chi connectivity index (χ1n) is 4.67. The Labute approximate surface area is 73.6 Å². The Morgan fingerprint density at radius 1 is 1.58 bits per heavy atom. The molecule has 0 aromatic carbocycles. The summed E-state index contributed by atoms with van der Waals surface area (Å²) in [6, 6.07) is 0. The summed E-state index contributed by atoms with van der Waals surface area (Å²) >= 11 is 0. The zero-order chi connectivity index (χ0) is 8.81. The fourth-order valence-electron chi connectivity index (χ4n) is 1.35. The SMILES string of the molecule is CCC=CCC[C@H]1CCC(=O)O1. The third-order valence-corrected chi connectivity index (χ3v) is 2.03. The van der Waals surface area contributed by atoms with Gasteiger partial charge >= 0.3 is 5.97 Å². The molecule has 1 saturated heterocycles. The monoisotopic (exact) mass is 168 g/mol. The van der Waals surface area contributed by atoms with Gasteiger partial charge in [0.1, 0.15) is 6.10 Å². The molecule has 0 aromatic rings. The summed E-state index contributed by atoms with van der Waals surface area (Å²) in [5, 5.41) is 0. The molecule has 2 heteroatoms. The van der Waals surface area contributed by atoms with Crippen LogP contribution >= 0.6 is 0 Å². The average Bonchev–Trinajstić information content (AvgIpc) is 2.45. The van der Waals surface area contributed by atoms with Crippen LogP contribution in [-0.4, -0.2) is 12.1 Å². The maximum atomic E-state index is 10.7. The number of esters is 1. The highest BCUT2D eigenvalue weighted by atomic mass is 16.5. The third kappa shape index (κ3) is 3.07. The summed E-state index contributed by atoms with van der Waals surface area (Å²) in [6.07, 6.45) is 9.14. The van der Waals surface area contributed by atoms with E-state index in [-0.39, 0.29) is 12.1 Å². The molecule has 0 unspecified atom stereocenters. The molecule has 0 radical (unpaired) electrons. The predicted molar refractivity (Wildman–Crippen MR) is 47.8 cm³/mol. The lowest BCUT2D eigenvalue weighted by atomic mass is 10.1. The number of ether oxygens (including phenoxy) is 1. The van der Waals surface area contributed by atoms with Gasteiger partial charge in [0.25, 0.3) is 0 Å². The van der Waals surface area contributed by atoms with Gasteiger partial charge in [-0.05, 0) is 25.7 Å². The lowest BCUT2D eigenvalue weighted by Crippen LogP contribution is -2.05. The van der Waals surface area contributed by atoms with E-state index in [4.69, 9.17) is 4.74 Å². The molecule has 1 rings (SSSR count). The van der Waals surface area contributed by atoms with E-state index in [0.717, 1.165) is 25.7 Å². The molecule has 0 saturated carbocycles. The molecule has 2 nitrogen and oxygen atoms in total. The van der Waals surface area contributed by atoms with Crippen molar-refractivity contribution < 1.29 is 9.53 Å². The van der Waals surface area contributed by atoms with Gasteiger partial charge in [-0.2, -0.15) is 0 Å². The first-order chi connectivity index (χ1) is 5.83. The highest BCUT2D eigenvalue weighted by Crippen LogP contribution is 2.18. The fourth-order valence-corrected chi connectivity index (χ4v) is 1.35. The quantitative estimate of drug-likeness (QED) is 0.476. The summed E-state index contributed by atoms with van der Waals surface area (Å²) in [7, 11) is 0. The van der Waals surface area contributed by atoms with Crippen LogP contribution in [0.1, 0.15) is 39.0 Å². The Kier molecular flexibility index (Phi) is 3.85. The molecule has 0 aliphatic carbocycles. The van der Waals surface area contributed by atoms with Crippen molar-refractivity contribution in [2.45, 2.75) is 45.1 Å². The number of hydrogen-bond acceptors (Lipinski definition) is 2. The van der Waals surface area contributed by atoms with Gasteiger partial charge in [0.15, 0.2) is 0 Å². The van der Waals surface area contributed by atoms with E-state index in [1.807, 2.05) is 0 Å². The minimum atomic E-state index is -0.0283. The van der Waals surface area contributed by atoms with Crippen molar-refractivity contribution in [3.8, 4) is 0 Å². The molecule has 1 aliphatic heterocycles. The zero-order valence-corrected chi connectivity index (χ0v) is 7.58. The molecule has 1 aliphatic rings. The van der Waals surface area contributed by atoms with Crippen LogP contribution in [0.2, 0.25) is 0 Å². The summed E-state index contributed by atoms with van der Waals surface area (Å²) in [5.41, 5.74) is 0. The van der Waals surface area contributed by atoms with Crippen molar-refractivity contribution in [2.24, 2.45) is 0 Å². The van der Waals surface area contributed by atoms with Crippen LogP contribution in [-0.2, 0) is 9.53 Å². The lowest BCUT2D eigenvalue weighted by molar-refractivity contribution is -0.141. The molecular weight excluding hydrogens is 152 g/mol. The van der Waals surface area contributed by atoms with E-state index in [1.54, 1.807) is 0 Å². The smallest absolute Gasteiger partial charge is 0.306 e. The van der Waals surface area contributed by atoms with Crippen molar-refractivity contribution in [3.05, 3.63) is 12.2 Å². The Bertz CT molecular complexity index is 173. The van der Waals surface area contributed by atoms with Crippen LogP contribution in [0.4, 0.5) is 0 Å². The standard InChI is InChI=1S/C10H16O2/c1-2-3-4-5-6-9-7-8-10(11)12-9/h3-4,9H,2,5-8H2,1H3/t9-/m0/s1. The number of cyclic esters (lactones) is 1. The molecule has 0 N–H and O–H groups in total. The topological polar surface area (TPSA) is 26.3 Å². The zero-order valence-electron chi connectivity index (χ0n) is 7.58. The summed E-state index contributed by atoms with van der Waals surface area (Å²) < 4.78 is 5.07. The van der Waals surface area contributed by atoms with E-state index in [1.165, 1.54) is 0 Å². The number of allylic oxidation sites excluding steroid dienone is 2. The summed E-state index contributed by atoms with van der Waals surface area (Å²) in [4.78, 5) is 10.7. The minimum Gasteiger partial charge on any atom is -0.462 e. The summed E-state index contributed by atoms with van der Waals surface area (Å²) in [6.45, 7) is 2.12. The number of carbonyl (C=O) groups excluding carboxylic acids is 1. The highest BCUT2D eigenvalue weighted by molar-refractivity contribution is 5.71. The van der Waals surface area contributed by atoms with Gasteiger partial charge in [-0.1, -0.05) is 19.1 Å². The fraction of sp³-hybridized carbons (Fsp3) is 0.700. The second kappa shape index (κ2) is 4.96. The maximum absolute atomic E-state index is 10.7. The minimum absolute atomic E-state index is 0.0283. The Hall–Kier alpha value is -0.790. The van der Waals surface area contributed by atoms with E-state index < -0.39 is 0 Å². The second-order valence-corrected chi connectivity index (χ2v) is 3.11. The molecule has 1 heterocycles. The van der Waals surface area contributed by atoms with Crippen molar-refractivity contribution in [3.63, 3.8) is 0 Å². The average molecular weight is 168 g/mol. The van der Waals surface area contributed by atoms with E-state index in [2.05, 4.69) is 19.1 Å².